The first-order valence-corrected chi connectivity index (χ1v) is 5.19. The van der Waals surface area contributed by atoms with Crippen molar-refractivity contribution in [3.8, 4) is 5.69 Å². The van der Waals surface area contributed by atoms with E-state index in [9.17, 15) is 26.3 Å². The quantitative estimate of drug-likeness (QED) is 0.646. The summed E-state index contributed by atoms with van der Waals surface area (Å²) in [6.07, 6.45) is -8.23. The van der Waals surface area contributed by atoms with Crippen LogP contribution in [-0.2, 0) is 12.4 Å². The van der Waals surface area contributed by atoms with E-state index in [0.29, 0.717) is 12.1 Å². The van der Waals surface area contributed by atoms with Crippen molar-refractivity contribution in [2.24, 2.45) is 0 Å². The third kappa shape index (κ3) is 2.70. The number of anilines is 1. The number of nitrogens with zero attached hydrogens (tertiary/aromatic N) is 2. The van der Waals surface area contributed by atoms with Crippen LogP contribution in [0.2, 0.25) is 0 Å². The third-order valence-corrected chi connectivity index (χ3v) is 2.48. The minimum atomic E-state index is -4.63. The molecule has 0 aliphatic carbocycles. The number of hydrogen-bond acceptors (Lipinski definition) is 2. The van der Waals surface area contributed by atoms with Crippen molar-refractivity contribution < 1.29 is 26.3 Å². The smallest absolute Gasteiger partial charge is 0.397 e. The van der Waals surface area contributed by atoms with Gasteiger partial charge >= 0.3 is 12.4 Å². The van der Waals surface area contributed by atoms with Crippen molar-refractivity contribution in [2.75, 3.05) is 5.73 Å². The van der Waals surface area contributed by atoms with Gasteiger partial charge in [-0.25, -0.2) is 4.68 Å². The predicted octanol–water partition coefficient (Wildman–Crippen LogP) is 3.49. The second kappa shape index (κ2) is 4.43. The number of halogens is 6. The Morgan fingerprint density at radius 1 is 0.950 bits per heavy atom. The average molecular weight is 295 g/mol. The van der Waals surface area contributed by atoms with Crippen molar-refractivity contribution in [3.05, 3.63) is 41.7 Å². The van der Waals surface area contributed by atoms with Gasteiger partial charge in [-0.2, -0.15) is 31.4 Å². The van der Waals surface area contributed by atoms with Gasteiger partial charge in [-0.3, -0.25) is 0 Å². The molecule has 0 fully saturated rings. The summed E-state index contributed by atoms with van der Waals surface area (Å²) in [5.41, 5.74) is 2.90. The SMILES string of the molecule is Nc1cc(C(F)(F)F)ccc1-n1ccc(C(F)(F)F)n1. The van der Waals surface area contributed by atoms with Crippen molar-refractivity contribution >= 4 is 5.69 Å². The molecule has 3 nitrogen and oxygen atoms in total. The third-order valence-electron chi connectivity index (χ3n) is 2.48. The van der Waals surface area contributed by atoms with Gasteiger partial charge in [0.25, 0.3) is 0 Å². The summed E-state index contributed by atoms with van der Waals surface area (Å²) >= 11 is 0. The van der Waals surface area contributed by atoms with Gasteiger partial charge in [0.1, 0.15) is 0 Å². The maximum Gasteiger partial charge on any atom is 0.435 e. The van der Waals surface area contributed by atoms with Crippen molar-refractivity contribution in [3.63, 3.8) is 0 Å². The van der Waals surface area contributed by atoms with Gasteiger partial charge in [0.05, 0.1) is 16.9 Å². The summed E-state index contributed by atoms with van der Waals surface area (Å²) in [6, 6.07) is 3.04. The molecule has 0 spiro atoms. The zero-order valence-corrected chi connectivity index (χ0v) is 9.63. The minimum absolute atomic E-state index is 0.0616. The van der Waals surface area contributed by atoms with E-state index in [1.165, 1.54) is 0 Å². The zero-order valence-electron chi connectivity index (χ0n) is 9.63. The maximum absolute atomic E-state index is 12.4. The number of rotatable bonds is 1. The second-order valence-electron chi connectivity index (χ2n) is 3.91. The van der Waals surface area contributed by atoms with E-state index in [1.54, 1.807) is 0 Å². The number of nitrogen functional groups attached to an aromatic ring is 1. The van der Waals surface area contributed by atoms with Gasteiger partial charge in [0.2, 0.25) is 0 Å². The highest BCUT2D eigenvalue weighted by Crippen LogP contribution is 2.33. The molecule has 0 radical (unpaired) electrons. The molecule has 0 aliphatic heterocycles. The number of benzene rings is 1. The molecular formula is C11H7F6N3. The molecule has 0 aliphatic rings. The van der Waals surface area contributed by atoms with E-state index in [2.05, 4.69) is 5.10 Å². The molecule has 0 saturated carbocycles. The van der Waals surface area contributed by atoms with Crippen LogP contribution in [0.4, 0.5) is 32.0 Å². The lowest BCUT2D eigenvalue weighted by molar-refractivity contribution is -0.141. The molecule has 1 aromatic heterocycles. The highest BCUT2D eigenvalue weighted by atomic mass is 19.4. The molecule has 0 amide bonds. The Hall–Kier alpha value is -2.19. The highest BCUT2D eigenvalue weighted by Gasteiger charge is 2.34. The lowest BCUT2D eigenvalue weighted by Crippen LogP contribution is -2.10. The normalized spacial score (nSPS) is 12.7. The predicted molar refractivity (Wildman–Crippen MR) is 58.0 cm³/mol. The number of aromatic nitrogens is 2. The van der Waals surface area contributed by atoms with Crippen LogP contribution in [0.3, 0.4) is 0 Å². The Kier molecular flexibility index (Phi) is 3.15. The van der Waals surface area contributed by atoms with Crippen LogP contribution in [0.25, 0.3) is 5.69 Å². The van der Waals surface area contributed by atoms with Crippen LogP contribution in [0.15, 0.2) is 30.5 Å². The van der Waals surface area contributed by atoms with Crippen molar-refractivity contribution in [1.29, 1.82) is 0 Å². The summed E-state index contributed by atoms with van der Waals surface area (Å²) < 4.78 is 75.2. The van der Waals surface area contributed by atoms with Crippen LogP contribution in [0, 0.1) is 0 Å². The van der Waals surface area contributed by atoms with E-state index in [0.717, 1.165) is 23.0 Å². The van der Waals surface area contributed by atoms with Crippen LogP contribution in [0.1, 0.15) is 11.3 Å². The Morgan fingerprint density at radius 2 is 1.60 bits per heavy atom. The summed E-state index contributed by atoms with van der Waals surface area (Å²) in [5.74, 6) is 0. The average Bonchev–Trinajstić information content (AvgIpc) is 2.76. The van der Waals surface area contributed by atoms with E-state index in [4.69, 9.17) is 5.73 Å². The second-order valence-corrected chi connectivity index (χ2v) is 3.91. The zero-order chi connectivity index (χ0) is 15.1. The molecular weight excluding hydrogens is 288 g/mol. The molecule has 2 rings (SSSR count). The van der Waals surface area contributed by atoms with Gasteiger partial charge in [0.15, 0.2) is 5.69 Å². The van der Waals surface area contributed by atoms with Crippen molar-refractivity contribution in [2.45, 2.75) is 12.4 Å². The fourth-order valence-electron chi connectivity index (χ4n) is 1.55. The summed E-state index contributed by atoms with van der Waals surface area (Å²) in [5, 5.41) is 3.23. The molecule has 108 valence electrons. The molecule has 0 saturated heterocycles. The minimum Gasteiger partial charge on any atom is -0.397 e. The lowest BCUT2D eigenvalue weighted by atomic mass is 10.1. The van der Waals surface area contributed by atoms with Crippen LogP contribution in [-0.4, -0.2) is 9.78 Å². The Labute approximate surface area is 108 Å². The van der Waals surface area contributed by atoms with Gasteiger partial charge in [0, 0.05) is 6.20 Å². The molecule has 1 aromatic carbocycles. The number of hydrogen-bond donors (Lipinski definition) is 1. The van der Waals surface area contributed by atoms with Gasteiger partial charge in [-0.05, 0) is 24.3 Å². The van der Waals surface area contributed by atoms with Gasteiger partial charge in [-0.1, -0.05) is 0 Å². The number of nitrogens with two attached hydrogens (primary N) is 1. The molecule has 2 aromatic rings. The first kappa shape index (κ1) is 14.2. The van der Waals surface area contributed by atoms with E-state index in [1.807, 2.05) is 0 Å². The maximum atomic E-state index is 12.4. The molecule has 2 N–H and O–H groups in total. The molecule has 9 heteroatoms. The standard InChI is InChI=1S/C11H7F6N3/c12-10(13,14)6-1-2-8(7(18)5-6)20-4-3-9(19-20)11(15,16)17/h1-5H,18H2. The first-order chi connectivity index (χ1) is 9.09. The van der Waals surface area contributed by atoms with Gasteiger partial charge in [-0.15, -0.1) is 0 Å². The largest absolute Gasteiger partial charge is 0.435 e. The van der Waals surface area contributed by atoms with Crippen molar-refractivity contribution in [1.82, 2.24) is 9.78 Å². The molecule has 0 atom stereocenters. The Morgan fingerprint density at radius 3 is 2.05 bits per heavy atom. The fourth-order valence-corrected chi connectivity index (χ4v) is 1.55. The Balaban J connectivity index is 2.42. The summed E-state index contributed by atoms with van der Waals surface area (Å²) in [7, 11) is 0. The molecule has 20 heavy (non-hydrogen) atoms. The Bertz CT molecular complexity index is 626. The summed E-state index contributed by atoms with van der Waals surface area (Å²) in [6.45, 7) is 0. The fraction of sp³-hybridized carbons (Fsp3) is 0.182. The van der Waals surface area contributed by atoms with Crippen LogP contribution in [0.5, 0.6) is 0 Å². The van der Waals surface area contributed by atoms with Crippen LogP contribution < -0.4 is 5.73 Å². The molecule has 0 unspecified atom stereocenters. The first-order valence-electron chi connectivity index (χ1n) is 5.19. The van der Waals surface area contributed by atoms with Crippen LogP contribution >= 0.6 is 0 Å². The topological polar surface area (TPSA) is 43.8 Å². The van der Waals surface area contributed by atoms with Gasteiger partial charge < -0.3 is 5.73 Å². The molecule has 0 bridgehead atoms. The molecule has 1 heterocycles. The number of alkyl halides is 6. The lowest BCUT2D eigenvalue weighted by Gasteiger charge is -2.11. The van der Waals surface area contributed by atoms with E-state index < -0.39 is 23.6 Å². The van der Waals surface area contributed by atoms with E-state index in [-0.39, 0.29) is 11.4 Å². The highest BCUT2D eigenvalue weighted by molar-refractivity contribution is 5.59. The van der Waals surface area contributed by atoms with E-state index >= 15 is 0 Å². The summed E-state index contributed by atoms with van der Waals surface area (Å²) in [4.78, 5) is 0. The monoisotopic (exact) mass is 295 g/mol.